The first-order chi connectivity index (χ1) is 7.59. The molecular weight excluding hydrogens is 198 g/mol. The highest BCUT2D eigenvalue weighted by molar-refractivity contribution is 4.86. The molecule has 1 unspecified atom stereocenters. The lowest BCUT2D eigenvalue weighted by Gasteiger charge is -2.23. The molecule has 1 aliphatic carbocycles. The smallest absolute Gasteiger partial charge is 0.0482 e. The molecule has 1 fully saturated rings. The maximum Gasteiger partial charge on any atom is 0.0482 e. The van der Waals surface area contributed by atoms with Crippen molar-refractivity contribution >= 4 is 0 Å². The Morgan fingerprint density at radius 3 is 2.56 bits per heavy atom. The van der Waals surface area contributed by atoms with E-state index in [4.69, 9.17) is 5.11 Å². The molecule has 1 aliphatic rings. The molecule has 0 radical (unpaired) electrons. The Morgan fingerprint density at radius 2 is 2.06 bits per heavy atom. The molecule has 96 valence electrons. The van der Waals surface area contributed by atoms with E-state index >= 15 is 0 Å². The lowest BCUT2D eigenvalue weighted by atomic mass is 9.89. The van der Waals surface area contributed by atoms with E-state index in [-0.39, 0.29) is 5.41 Å². The standard InChI is InChI=1S/C14H29NO/c1-4-6-13(12-7-8-12)15-10-5-9-14(2,3)11-16/h12-13,15-16H,4-11H2,1-3H3. The number of aliphatic hydroxyl groups is 1. The maximum absolute atomic E-state index is 9.16. The SMILES string of the molecule is CCCC(NCCCC(C)(C)CO)C1CC1. The molecule has 2 heteroatoms. The minimum absolute atomic E-state index is 0.0987. The van der Waals surface area contributed by atoms with Gasteiger partial charge >= 0.3 is 0 Å². The summed E-state index contributed by atoms with van der Waals surface area (Å²) in [6.45, 7) is 7.96. The molecule has 0 aromatic heterocycles. The topological polar surface area (TPSA) is 32.3 Å². The zero-order valence-electron chi connectivity index (χ0n) is 11.3. The van der Waals surface area contributed by atoms with Crippen molar-refractivity contribution in [2.24, 2.45) is 11.3 Å². The quantitative estimate of drug-likeness (QED) is 0.594. The summed E-state index contributed by atoms with van der Waals surface area (Å²) in [5, 5.41) is 12.9. The number of aliphatic hydroxyl groups excluding tert-OH is 1. The molecule has 0 spiro atoms. The van der Waals surface area contributed by atoms with E-state index in [9.17, 15) is 0 Å². The van der Waals surface area contributed by atoms with Crippen molar-refractivity contribution in [3.8, 4) is 0 Å². The number of rotatable bonds is 9. The Hall–Kier alpha value is -0.0800. The third-order valence-electron chi connectivity index (χ3n) is 3.66. The van der Waals surface area contributed by atoms with Gasteiger partial charge in [-0.1, -0.05) is 27.2 Å². The van der Waals surface area contributed by atoms with Crippen LogP contribution in [0, 0.1) is 11.3 Å². The zero-order valence-corrected chi connectivity index (χ0v) is 11.3. The molecule has 0 saturated heterocycles. The summed E-state index contributed by atoms with van der Waals surface area (Å²) in [4.78, 5) is 0. The van der Waals surface area contributed by atoms with Gasteiger partial charge in [-0.05, 0) is 50.0 Å². The molecule has 0 heterocycles. The Kier molecular flexibility index (Phi) is 5.77. The third-order valence-corrected chi connectivity index (χ3v) is 3.66. The summed E-state index contributed by atoms with van der Waals surface area (Å²) < 4.78 is 0. The van der Waals surface area contributed by atoms with Crippen molar-refractivity contribution in [2.75, 3.05) is 13.2 Å². The first kappa shape index (κ1) is 14.0. The zero-order chi connectivity index (χ0) is 12.0. The average molecular weight is 227 g/mol. The van der Waals surface area contributed by atoms with Crippen molar-refractivity contribution < 1.29 is 5.11 Å². The highest BCUT2D eigenvalue weighted by atomic mass is 16.3. The predicted molar refractivity (Wildman–Crippen MR) is 69.5 cm³/mol. The largest absolute Gasteiger partial charge is 0.396 e. The van der Waals surface area contributed by atoms with Crippen LogP contribution in [0.1, 0.15) is 59.3 Å². The highest BCUT2D eigenvalue weighted by Crippen LogP contribution is 2.34. The van der Waals surface area contributed by atoms with Gasteiger partial charge in [0.2, 0.25) is 0 Å². The van der Waals surface area contributed by atoms with Gasteiger partial charge in [0.15, 0.2) is 0 Å². The lowest BCUT2D eigenvalue weighted by Crippen LogP contribution is -2.32. The normalized spacial score (nSPS) is 18.8. The van der Waals surface area contributed by atoms with Gasteiger partial charge in [0.1, 0.15) is 0 Å². The van der Waals surface area contributed by atoms with Gasteiger partial charge in [0.25, 0.3) is 0 Å². The second-order valence-electron chi connectivity index (χ2n) is 6.11. The van der Waals surface area contributed by atoms with E-state index < -0.39 is 0 Å². The molecule has 0 bridgehead atoms. The fourth-order valence-corrected chi connectivity index (χ4v) is 2.25. The highest BCUT2D eigenvalue weighted by Gasteiger charge is 2.29. The van der Waals surface area contributed by atoms with Crippen LogP contribution in [0.25, 0.3) is 0 Å². The lowest BCUT2D eigenvalue weighted by molar-refractivity contribution is 0.147. The van der Waals surface area contributed by atoms with Crippen molar-refractivity contribution in [3.05, 3.63) is 0 Å². The van der Waals surface area contributed by atoms with Gasteiger partial charge in [0, 0.05) is 12.6 Å². The molecule has 1 saturated carbocycles. The van der Waals surface area contributed by atoms with E-state index in [0.29, 0.717) is 6.61 Å². The van der Waals surface area contributed by atoms with E-state index in [2.05, 4.69) is 26.1 Å². The fourth-order valence-electron chi connectivity index (χ4n) is 2.25. The predicted octanol–water partition coefficient (Wildman–Crippen LogP) is 2.95. The van der Waals surface area contributed by atoms with Crippen LogP contribution >= 0.6 is 0 Å². The molecule has 0 aromatic carbocycles. The molecule has 0 aliphatic heterocycles. The van der Waals surface area contributed by atoms with Gasteiger partial charge in [-0.3, -0.25) is 0 Å². The molecule has 2 N–H and O–H groups in total. The Labute approximate surface area is 101 Å². The fraction of sp³-hybridized carbons (Fsp3) is 1.00. The van der Waals surface area contributed by atoms with Crippen LogP contribution in [0.5, 0.6) is 0 Å². The van der Waals surface area contributed by atoms with E-state index in [1.165, 1.54) is 32.1 Å². The van der Waals surface area contributed by atoms with Crippen LogP contribution in [0.15, 0.2) is 0 Å². The van der Waals surface area contributed by atoms with Crippen LogP contribution in [-0.2, 0) is 0 Å². The van der Waals surface area contributed by atoms with Crippen molar-refractivity contribution in [2.45, 2.75) is 65.3 Å². The van der Waals surface area contributed by atoms with Gasteiger partial charge < -0.3 is 10.4 Å². The molecule has 0 amide bonds. The summed E-state index contributed by atoms with van der Waals surface area (Å²) in [5.41, 5.74) is 0.0987. The van der Waals surface area contributed by atoms with Gasteiger partial charge in [-0.15, -0.1) is 0 Å². The Morgan fingerprint density at radius 1 is 1.38 bits per heavy atom. The van der Waals surface area contributed by atoms with Crippen LogP contribution in [-0.4, -0.2) is 24.3 Å². The molecule has 0 aromatic rings. The number of hydrogen-bond donors (Lipinski definition) is 2. The second kappa shape index (κ2) is 6.61. The Balaban J connectivity index is 2.08. The average Bonchev–Trinajstić information content (AvgIpc) is 3.06. The number of nitrogens with one attached hydrogen (secondary N) is 1. The Bertz CT molecular complexity index is 187. The molecule has 1 rings (SSSR count). The number of hydrogen-bond acceptors (Lipinski definition) is 2. The molecule has 16 heavy (non-hydrogen) atoms. The van der Waals surface area contributed by atoms with Crippen LogP contribution in [0.4, 0.5) is 0 Å². The second-order valence-corrected chi connectivity index (χ2v) is 6.11. The van der Waals surface area contributed by atoms with Gasteiger partial charge in [0.05, 0.1) is 0 Å². The van der Waals surface area contributed by atoms with Crippen molar-refractivity contribution in [1.29, 1.82) is 0 Å². The van der Waals surface area contributed by atoms with Crippen LogP contribution in [0.3, 0.4) is 0 Å². The molecular formula is C14H29NO. The first-order valence-corrected chi connectivity index (χ1v) is 6.93. The van der Waals surface area contributed by atoms with Crippen molar-refractivity contribution in [1.82, 2.24) is 5.32 Å². The maximum atomic E-state index is 9.16. The summed E-state index contributed by atoms with van der Waals surface area (Å²) in [5.74, 6) is 0.964. The summed E-state index contributed by atoms with van der Waals surface area (Å²) in [7, 11) is 0. The summed E-state index contributed by atoms with van der Waals surface area (Å²) in [6, 6.07) is 0.766. The van der Waals surface area contributed by atoms with Crippen molar-refractivity contribution in [3.63, 3.8) is 0 Å². The van der Waals surface area contributed by atoms with Crippen LogP contribution < -0.4 is 5.32 Å². The molecule has 1 atom stereocenters. The summed E-state index contributed by atoms with van der Waals surface area (Å²) in [6.07, 6.45) is 7.77. The minimum atomic E-state index is 0.0987. The van der Waals surface area contributed by atoms with E-state index in [0.717, 1.165) is 24.9 Å². The minimum Gasteiger partial charge on any atom is -0.396 e. The van der Waals surface area contributed by atoms with Crippen LogP contribution in [0.2, 0.25) is 0 Å². The first-order valence-electron chi connectivity index (χ1n) is 6.93. The van der Waals surface area contributed by atoms with E-state index in [1.54, 1.807) is 0 Å². The monoisotopic (exact) mass is 227 g/mol. The third kappa shape index (κ3) is 5.31. The van der Waals surface area contributed by atoms with Gasteiger partial charge in [-0.25, -0.2) is 0 Å². The van der Waals surface area contributed by atoms with Gasteiger partial charge in [-0.2, -0.15) is 0 Å². The molecule has 2 nitrogen and oxygen atoms in total. The summed E-state index contributed by atoms with van der Waals surface area (Å²) >= 11 is 0. The van der Waals surface area contributed by atoms with E-state index in [1.807, 2.05) is 0 Å².